The van der Waals surface area contributed by atoms with Gasteiger partial charge in [-0.1, -0.05) is 36.4 Å². The van der Waals surface area contributed by atoms with Gasteiger partial charge in [-0.05, 0) is 30.5 Å². The van der Waals surface area contributed by atoms with E-state index >= 15 is 0 Å². The Morgan fingerprint density at radius 3 is 2.52 bits per heavy atom. The van der Waals surface area contributed by atoms with E-state index in [9.17, 15) is 8.42 Å². The van der Waals surface area contributed by atoms with Crippen molar-refractivity contribution in [1.82, 2.24) is 19.5 Å². The van der Waals surface area contributed by atoms with Crippen molar-refractivity contribution in [2.24, 2.45) is 5.92 Å². The van der Waals surface area contributed by atoms with E-state index in [1.807, 2.05) is 36.4 Å². The molecule has 9 heteroatoms. The third-order valence-electron chi connectivity index (χ3n) is 6.76. The number of pyridine rings is 1. The third-order valence-corrected chi connectivity index (χ3v) is 8.06. The second-order valence-corrected chi connectivity index (χ2v) is 11.0. The number of hydrogen-bond donors (Lipinski definition) is 1. The van der Waals surface area contributed by atoms with Crippen molar-refractivity contribution in [3.8, 4) is 0 Å². The molecule has 2 unspecified atom stereocenters. The summed E-state index contributed by atoms with van der Waals surface area (Å²) in [6.07, 6.45) is 7.35. The number of sulfonamides is 1. The van der Waals surface area contributed by atoms with Gasteiger partial charge in [-0.25, -0.2) is 12.7 Å². The molecule has 0 saturated carbocycles. The van der Waals surface area contributed by atoms with Crippen LogP contribution in [-0.2, 0) is 25.9 Å². The van der Waals surface area contributed by atoms with E-state index in [1.54, 1.807) is 10.5 Å². The minimum absolute atomic E-state index is 0.0471. The van der Waals surface area contributed by atoms with Gasteiger partial charge in [0, 0.05) is 37.8 Å². The minimum atomic E-state index is -3.18. The summed E-state index contributed by atoms with van der Waals surface area (Å²) in [6, 6.07) is 16.2. The van der Waals surface area contributed by atoms with Crippen LogP contribution in [0, 0.1) is 5.92 Å². The molecule has 0 spiro atoms. The molecule has 1 aromatic carbocycles. The van der Waals surface area contributed by atoms with Crippen molar-refractivity contribution in [2.45, 2.75) is 31.2 Å². The molecule has 0 aliphatic carbocycles. The first-order valence-corrected chi connectivity index (χ1v) is 13.2. The fraction of sp³-hybridized carbons (Fsp3) is 0.458. The van der Waals surface area contributed by atoms with Crippen LogP contribution in [0.2, 0.25) is 0 Å². The lowest BCUT2D eigenvalue weighted by molar-refractivity contribution is -0.119. The molecule has 1 aromatic heterocycles. The number of aromatic nitrogens is 1. The summed E-state index contributed by atoms with van der Waals surface area (Å²) < 4.78 is 37.7. The molecule has 4 heterocycles. The highest BCUT2D eigenvalue weighted by atomic mass is 32.2. The molecule has 0 radical (unpaired) electrons. The van der Waals surface area contributed by atoms with E-state index in [-0.39, 0.29) is 18.9 Å². The van der Waals surface area contributed by atoms with Gasteiger partial charge in [0.2, 0.25) is 10.0 Å². The van der Waals surface area contributed by atoms with Crippen LogP contribution in [0.1, 0.15) is 24.1 Å². The van der Waals surface area contributed by atoms with Gasteiger partial charge >= 0.3 is 0 Å². The summed E-state index contributed by atoms with van der Waals surface area (Å²) in [4.78, 5) is 6.80. The molecule has 2 atom stereocenters. The van der Waals surface area contributed by atoms with E-state index < -0.39 is 15.7 Å². The SMILES string of the molecule is CS(=O)(=O)N1CCC(C2NC(c3ccccn3)=CN2C2(Cc3ccccc3)COCO2)CC1. The van der Waals surface area contributed by atoms with Crippen molar-refractivity contribution in [3.05, 3.63) is 72.2 Å². The Labute approximate surface area is 195 Å². The fourth-order valence-corrected chi connectivity index (χ4v) is 5.91. The molecule has 0 amide bonds. The monoisotopic (exact) mass is 470 g/mol. The van der Waals surface area contributed by atoms with Gasteiger partial charge in [0.25, 0.3) is 0 Å². The molecule has 2 fully saturated rings. The molecule has 3 aliphatic heterocycles. The molecular weight excluding hydrogens is 440 g/mol. The van der Waals surface area contributed by atoms with Crippen LogP contribution in [0.5, 0.6) is 0 Å². The van der Waals surface area contributed by atoms with Crippen molar-refractivity contribution in [3.63, 3.8) is 0 Å². The Morgan fingerprint density at radius 2 is 1.88 bits per heavy atom. The van der Waals surface area contributed by atoms with Crippen LogP contribution in [0.25, 0.3) is 5.70 Å². The van der Waals surface area contributed by atoms with Gasteiger partial charge in [0.15, 0.2) is 5.72 Å². The van der Waals surface area contributed by atoms with E-state index in [1.165, 1.54) is 11.8 Å². The number of rotatable bonds is 6. The number of hydrogen-bond acceptors (Lipinski definition) is 7. The molecular formula is C24H30N4O4S. The van der Waals surface area contributed by atoms with E-state index in [4.69, 9.17) is 9.47 Å². The van der Waals surface area contributed by atoms with Gasteiger partial charge in [-0.2, -0.15) is 0 Å². The van der Waals surface area contributed by atoms with Crippen molar-refractivity contribution < 1.29 is 17.9 Å². The molecule has 1 N–H and O–H groups in total. The zero-order valence-corrected chi connectivity index (χ0v) is 19.6. The smallest absolute Gasteiger partial charge is 0.211 e. The topological polar surface area (TPSA) is 84.0 Å². The van der Waals surface area contributed by atoms with Gasteiger partial charge in [0.1, 0.15) is 13.0 Å². The van der Waals surface area contributed by atoms with E-state index in [0.717, 1.165) is 24.2 Å². The van der Waals surface area contributed by atoms with E-state index in [2.05, 4.69) is 33.5 Å². The summed E-state index contributed by atoms with van der Waals surface area (Å²) in [5.74, 6) is 0.248. The van der Waals surface area contributed by atoms with Gasteiger partial charge in [0.05, 0.1) is 24.3 Å². The van der Waals surface area contributed by atoms with E-state index in [0.29, 0.717) is 26.1 Å². The standard InChI is InChI=1S/C24H30N4O4S/c1-33(29,30)27-13-10-20(11-14-27)23-26-22(21-9-5-6-12-25-21)16-28(23)24(17-31-18-32-24)15-19-7-3-2-4-8-19/h2-9,12,16,20,23,26H,10-11,13-15,17-18H2,1H3. The van der Waals surface area contributed by atoms with Crippen molar-refractivity contribution >= 4 is 15.7 Å². The second-order valence-electron chi connectivity index (χ2n) is 8.97. The Balaban J connectivity index is 1.46. The Hall–Kier alpha value is -2.46. The highest BCUT2D eigenvalue weighted by molar-refractivity contribution is 7.88. The zero-order chi connectivity index (χ0) is 22.9. The molecule has 33 heavy (non-hydrogen) atoms. The average molecular weight is 471 g/mol. The molecule has 2 saturated heterocycles. The Bertz CT molecular complexity index is 1080. The summed E-state index contributed by atoms with van der Waals surface area (Å²) in [5, 5.41) is 3.69. The highest BCUT2D eigenvalue weighted by Crippen LogP contribution is 2.38. The second kappa shape index (κ2) is 9.06. The molecule has 8 nitrogen and oxygen atoms in total. The van der Waals surface area contributed by atoms with Gasteiger partial charge in [-0.3, -0.25) is 4.98 Å². The zero-order valence-electron chi connectivity index (χ0n) is 18.8. The van der Waals surface area contributed by atoms with Crippen molar-refractivity contribution in [2.75, 3.05) is 32.7 Å². The number of nitrogens with one attached hydrogen (secondary N) is 1. The first-order valence-electron chi connectivity index (χ1n) is 11.3. The van der Waals surface area contributed by atoms with Crippen LogP contribution >= 0.6 is 0 Å². The maximum atomic E-state index is 12.0. The first-order chi connectivity index (χ1) is 15.9. The van der Waals surface area contributed by atoms with Crippen molar-refractivity contribution in [1.29, 1.82) is 0 Å². The summed E-state index contributed by atoms with van der Waals surface area (Å²) in [7, 11) is -3.18. The lowest BCUT2D eigenvalue weighted by Gasteiger charge is -2.45. The highest BCUT2D eigenvalue weighted by Gasteiger charge is 2.49. The minimum Gasteiger partial charge on any atom is -0.362 e. The number of nitrogens with zero attached hydrogens (tertiary/aromatic N) is 3. The number of benzene rings is 1. The average Bonchev–Trinajstić information content (AvgIpc) is 3.48. The maximum absolute atomic E-state index is 12.0. The first kappa shape index (κ1) is 22.3. The quantitative estimate of drug-likeness (QED) is 0.693. The molecule has 5 rings (SSSR count). The lowest BCUT2D eigenvalue weighted by Crippen LogP contribution is -2.58. The Morgan fingerprint density at radius 1 is 1.12 bits per heavy atom. The lowest BCUT2D eigenvalue weighted by atomic mass is 9.92. The molecule has 3 aliphatic rings. The van der Waals surface area contributed by atoms with Crippen LogP contribution in [0.15, 0.2) is 60.9 Å². The molecule has 0 bridgehead atoms. The molecule has 176 valence electrons. The number of piperidine rings is 1. The van der Waals surface area contributed by atoms with Gasteiger partial charge < -0.3 is 19.7 Å². The van der Waals surface area contributed by atoms with Gasteiger partial charge in [-0.15, -0.1) is 0 Å². The summed E-state index contributed by atoms with van der Waals surface area (Å²) in [6.45, 7) is 1.75. The number of ether oxygens (including phenoxy) is 2. The van der Waals surface area contributed by atoms with Crippen LogP contribution < -0.4 is 5.32 Å². The summed E-state index contributed by atoms with van der Waals surface area (Å²) in [5.41, 5.74) is 2.33. The normalized spacial score (nSPS) is 26.9. The van der Waals surface area contributed by atoms with Crippen LogP contribution in [-0.4, -0.2) is 67.2 Å². The van der Waals surface area contributed by atoms with Crippen LogP contribution in [0.4, 0.5) is 0 Å². The Kier molecular flexibility index (Phi) is 6.13. The molecule has 2 aromatic rings. The predicted molar refractivity (Wildman–Crippen MR) is 125 cm³/mol. The summed E-state index contributed by atoms with van der Waals surface area (Å²) >= 11 is 0. The third kappa shape index (κ3) is 4.63. The largest absolute Gasteiger partial charge is 0.362 e. The van der Waals surface area contributed by atoms with Crippen LogP contribution in [0.3, 0.4) is 0 Å². The predicted octanol–water partition coefficient (Wildman–Crippen LogP) is 2.23. The maximum Gasteiger partial charge on any atom is 0.211 e. The fourth-order valence-electron chi connectivity index (χ4n) is 5.04.